The molecule has 0 saturated carbocycles. The van der Waals surface area contributed by atoms with Crippen molar-refractivity contribution in [1.82, 2.24) is 14.5 Å². The van der Waals surface area contributed by atoms with Gasteiger partial charge in [-0.05, 0) is 29.8 Å². The van der Waals surface area contributed by atoms with Crippen LogP contribution in [0.25, 0.3) is 0 Å². The van der Waals surface area contributed by atoms with Crippen LogP contribution in [0.1, 0.15) is 18.4 Å². The zero-order chi connectivity index (χ0) is 23.1. The van der Waals surface area contributed by atoms with Gasteiger partial charge in [0.2, 0.25) is 21.8 Å². The van der Waals surface area contributed by atoms with E-state index in [1.54, 1.807) is 41.3 Å². The largest absolute Gasteiger partial charge is 0.494 e. The van der Waals surface area contributed by atoms with Crippen molar-refractivity contribution in [3.63, 3.8) is 0 Å². The summed E-state index contributed by atoms with van der Waals surface area (Å²) in [5, 5.41) is 2.66. The standard InChI is InChI=1S/C22H26FN3O5S/c1-31-20-8-7-17(15-19(20)23)16-24-21(27)9-10-22(28)25-11-13-26(14-12-25)32(29,30)18-5-3-2-4-6-18/h2-8,15H,9-14,16H2,1H3,(H,24,27). The van der Waals surface area contributed by atoms with Crippen LogP contribution in [-0.2, 0) is 26.2 Å². The summed E-state index contributed by atoms with van der Waals surface area (Å²) in [6.45, 7) is 1.11. The predicted molar refractivity (Wildman–Crippen MR) is 116 cm³/mol. The summed E-state index contributed by atoms with van der Waals surface area (Å²) in [5.74, 6) is -0.905. The highest BCUT2D eigenvalue weighted by Gasteiger charge is 2.29. The third-order valence-corrected chi connectivity index (χ3v) is 7.16. The monoisotopic (exact) mass is 463 g/mol. The molecule has 3 rings (SSSR count). The lowest BCUT2D eigenvalue weighted by atomic mass is 10.2. The van der Waals surface area contributed by atoms with Gasteiger partial charge in [0.05, 0.1) is 12.0 Å². The van der Waals surface area contributed by atoms with Crippen LogP contribution in [0.4, 0.5) is 4.39 Å². The third kappa shape index (κ3) is 5.83. The molecule has 1 saturated heterocycles. The Labute approximate surface area is 187 Å². The molecule has 2 amide bonds. The highest BCUT2D eigenvalue weighted by molar-refractivity contribution is 7.89. The number of nitrogens with one attached hydrogen (secondary N) is 1. The zero-order valence-corrected chi connectivity index (χ0v) is 18.6. The number of piperazine rings is 1. The number of methoxy groups -OCH3 is 1. The molecule has 0 aromatic heterocycles. The molecule has 1 N–H and O–H groups in total. The quantitative estimate of drug-likeness (QED) is 0.644. The van der Waals surface area contributed by atoms with Crippen molar-refractivity contribution in [3.05, 3.63) is 59.9 Å². The van der Waals surface area contributed by atoms with Crippen LogP contribution < -0.4 is 10.1 Å². The molecule has 32 heavy (non-hydrogen) atoms. The normalized spacial score (nSPS) is 14.8. The molecule has 0 spiro atoms. The van der Waals surface area contributed by atoms with Crippen LogP contribution in [0, 0.1) is 5.82 Å². The van der Waals surface area contributed by atoms with Gasteiger partial charge < -0.3 is 15.0 Å². The number of ether oxygens (including phenoxy) is 1. The molecular weight excluding hydrogens is 437 g/mol. The lowest BCUT2D eigenvalue weighted by molar-refractivity contribution is -0.134. The third-order valence-electron chi connectivity index (χ3n) is 5.24. The van der Waals surface area contributed by atoms with E-state index >= 15 is 0 Å². The smallest absolute Gasteiger partial charge is 0.243 e. The summed E-state index contributed by atoms with van der Waals surface area (Å²) in [6.07, 6.45) is 0.0221. The molecule has 172 valence electrons. The molecule has 10 heteroatoms. The number of hydrogen-bond acceptors (Lipinski definition) is 5. The highest BCUT2D eigenvalue weighted by Crippen LogP contribution is 2.18. The van der Waals surface area contributed by atoms with Crippen molar-refractivity contribution < 1.29 is 27.1 Å². The van der Waals surface area contributed by atoms with Gasteiger partial charge >= 0.3 is 0 Å². The number of carbonyl (C=O) groups is 2. The maximum absolute atomic E-state index is 13.7. The zero-order valence-electron chi connectivity index (χ0n) is 17.8. The fourth-order valence-electron chi connectivity index (χ4n) is 3.41. The van der Waals surface area contributed by atoms with Gasteiger partial charge in [0.25, 0.3) is 0 Å². The van der Waals surface area contributed by atoms with E-state index < -0.39 is 15.8 Å². The average molecular weight is 464 g/mol. The number of sulfonamides is 1. The first-order valence-electron chi connectivity index (χ1n) is 10.2. The molecule has 1 aliphatic rings. The first-order valence-corrected chi connectivity index (χ1v) is 11.7. The minimum Gasteiger partial charge on any atom is -0.494 e. The average Bonchev–Trinajstić information content (AvgIpc) is 2.82. The number of rotatable bonds is 8. The molecule has 0 bridgehead atoms. The Morgan fingerprint density at radius 2 is 1.72 bits per heavy atom. The molecule has 2 aromatic carbocycles. The summed E-state index contributed by atoms with van der Waals surface area (Å²) < 4.78 is 45.3. The Bertz CT molecular complexity index is 1050. The summed E-state index contributed by atoms with van der Waals surface area (Å²) in [5.41, 5.74) is 0.582. The Morgan fingerprint density at radius 1 is 1.03 bits per heavy atom. The number of hydrogen-bond donors (Lipinski definition) is 1. The fourth-order valence-corrected chi connectivity index (χ4v) is 4.85. The van der Waals surface area contributed by atoms with Crippen molar-refractivity contribution in [1.29, 1.82) is 0 Å². The number of nitrogens with zero attached hydrogens (tertiary/aromatic N) is 2. The van der Waals surface area contributed by atoms with Gasteiger partial charge in [-0.2, -0.15) is 4.31 Å². The second-order valence-electron chi connectivity index (χ2n) is 7.34. The van der Waals surface area contributed by atoms with Crippen LogP contribution in [0.2, 0.25) is 0 Å². The number of carbonyl (C=O) groups excluding carboxylic acids is 2. The van der Waals surface area contributed by atoms with Crippen LogP contribution in [-0.4, -0.2) is 62.7 Å². The Morgan fingerprint density at radius 3 is 2.34 bits per heavy atom. The van der Waals surface area contributed by atoms with Crippen LogP contribution in [0.5, 0.6) is 5.75 Å². The minimum atomic E-state index is -3.58. The van der Waals surface area contributed by atoms with Crippen molar-refractivity contribution in [3.8, 4) is 5.75 Å². The Balaban J connectivity index is 1.42. The van der Waals surface area contributed by atoms with Gasteiger partial charge in [-0.15, -0.1) is 0 Å². The second-order valence-corrected chi connectivity index (χ2v) is 9.28. The molecule has 1 aliphatic heterocycles. The van der Waals surface area contributed by atoms with Gasteiger partial charge in [0.15, 0.2) is 11.6 Å². The lowest BCUT2D eigenvalue weighted by Gasteiger charge is -2.34. The lowest BCUT2D eigenvalue weighted by Crippen LogP contribution is -2.50. The van der Waals surface area contributed by atoms with E-state index in [4.69, 9.17) is 4.74 Å². The van der Waals surface area contributed by atoms with Crippen LogP contribution >= 0.6 is 0 Å². The summed E-state index contributed by atoms with van der Waals surface area (Å²) >= 11 is 0. The van der Waals surface area contributed by atoms with E-state index in [-0.39, 0.29) is 68.0 Å². The van der Waals surface area contributed by atoms with E-state index in [1.165, 1.54) is 23.5 Å². The van der Waals surface area contributed by atoms with Crippen molar-refractivity contribution in [2.24, 2.45) is 0 Å². The summed E-state index contributed by atoms with van der Waals surface area (Å²) in [4.78, 5) is 26.3. The SMILES string of the molecule is COc1ccc(CNC(=O)CCC(=O)N2CCN(S(=O)(=O)c3ccccc3)CC2)cc1F. The van der Waals surface area contributed by atoms with Crippen LogP contribution in [0.3, 0.4) is 0 Å². The van der Waals surface area contributed by atoms with E-state index in [9.17, 15) is 22.4 Å². The Kier molecular flexibility index (Phi) is 7.81. The molecule has 1 heterocycles. The van der Waals surface area contributed by atoms with Gasteiger partial charge in [-0.1, -0.05) is 24.3 Å². The van der Waals surface area contributed by atoms with E-state index in [1.807, 2.05) is 0 Å². The molecule has 0 aliphatic carbocycles. The molecule has 2 aromatic rings. The van der Waals surface area contributed by atoms with Gasteiger partial charge in [0.1, 0.15) is 0 Å². The number of benzene rings is 2. The van der Waals surface area contributed by atoms with E-state index in [0.717, 1.165) is 0 Å². The van der Waals surface area contributed by atoms with E-state index in [2.05, 4.69) is 5.32 Å². The minimum absolute atomic E-state index is 0.00000158. The van der Waals surface area contributed by atoms with Crippen molar-refractivity contribution >= 4 is 21.8 Å². The van der Waals surface area contributed by atoms with E-state index in [0.29, 0.717) is 5.56 Å². The first kappa shape index (κ1) is 23.7. The number of halogens is 1. The van der Waals surface area contributed by atoms with Gasteiger partial charge in [-0.3, -0.25) is 9.59 Å². The van der Waals surface area contributed by atoms with Gasteiger partial charge in [0, 0.05) is 45.6 Å². The maximum atomic E-state index is 13.7. The molecule has 1 fully saturated rings. The topological polar surface area (TPSA) is 96.0 Å². The van der Waals surface area contributed by atoms with Crippen molar-refractivity contribution in [2.75, 3.05) is 33.3 Å². The van der Waals surface area contributed by atoms with Crippen molar-refractivity contribution in [2.45, 2.75) is 24.3 Å². The second kappa shape index (κ2) is 10.6. The summed E-state index contributed by atoms with van der Waals surface area (Å²) in [7, 11) is -2.21. The fraction of sp³-hybridized carbons (Fsp3) is 0.364. The maximum Gasteiger partial charge on any atom is 0.243 e. The highest BCUT2D eigenvalue weighted by atomic mass is 32.2. The first-order chi connectivity index (χ1) is 15.3. The summed E-state index contributed by atoms with van der Waals surface area (Å²) in [6, 6.07) is 12.6. The molecule has 0 atom stereocenters. The Hall–Kier alpha value is -2.98. The van der Waals surface area contributed by atoms with Gasteiger partial charge in [-0.25, -0.2) is 12.8 Å². The molecule has 0 unspecified atom stereocenters. The van der Waals surface area contributed by atoms with Crippen LogP contribution in [0.15, 0.2) is 53.4 Å². The predicted octanol–water partition coefficient (Wildman–Crippen LogP) is 1.76. The molecule has 0 radical (unpaired) electrons. The molecular formula is C22H26FN3O5S. The molecule has 8 nitrogen and oxygen atoms in total. The number of amides is 2.